The molecule has 0 atom stereocenters. The first-order chi connectivity index (χ1) is 6.38. The summed E-state index contributed by atoms with van der Waals surface area (Å²) in [5.41, 5.74) is 6.17. The molecular weight excluding hydrogens is 262 g/mol. The van der Waals surface area contributed by atoms with Gasteiger partial charge in [-0.25, -0.2) is 9.97 Å². The van der Waals surface area contributed by atoms with Crippen LogP contribution in [0, 0.1) is 11.2 Å². The topological polar surface area (TPSA) is 51.8 Å². The molecule has 0 aliphatic carbocycles. The lowest BCUT2D eigenvalue weighted by Gasteiger charge is -2.14. The van der Waals surface area contributed by atoms with E-state index in [0.29, 0.717) is 16.1 Å². The van der Waals surface area contributed by atoms with Crippen LogP contribution in [0.3, 0.4) is 0 Å². The third kappa shape index (κ3) is 3.56. The maximum Gasteiger partial charge on any atom is 0.158 e. The van der Waals surface area contributed by atoms with Gasteiger partial charge >= 0.3 is 0 Å². The Hall–Kier alpha value is -0.730. The van der Waals surface area contributed by atoms with E-state index in [1.807, 2.05) is 0 Å². The van der Waals surface area contributed by atoms with E-state index in [0.717, 1.165) is 0 Å². The average Bonchev–Trinajstić information content (AvgIpc) is 2.05. The van der Waals surface area contributed by atoms with Crippen molar-refractivity contribution in [3.05, 3.63) is 16.5 Å². The molecule has 3 nitrogen and oxygen atoms in total. The van der Waals surface area contributed by atoms with Crippen LogP contribution in [0.4, 0.5) is 5.82 Å². The zero-order chi connectivity index (χ0) is 10.8. The van der Waals surface area contributed by atoms with Gasteiger partial charge in [0, 0.05) is 0 Å². The molecule has 0 aliphatic heterocycles. The second-order valence-electron chi connectivity index (χ2n) is 3.49. The summed E-state index contributed by atoms with van der Waals surface area (Å²) < 4.78 is 0.653. The van der Waals surface area contributed by atoms with Crippen molar-refractivity contribution in [2.75, 3.05) is 24.5 Å². The monoisotopic (exact) mass is 273 g/mol. The summed E-state index contributed by atoms with van der Waals surface area (Å²) in [6.45, 7) is 0. The summed E-state index contributed by atoms with van der Waals surface area (Å²) in [5, 5.41) is 3.14. The Labute approximate surface area is 94.0 Å². The van der Waals surface area contributed by atoms with Crippen molar-refractivity contribution in [3.63, 3.8) is 0 Å². The highest BCUT2D eigenvalue weighted by Crippen LogP contribution is 2.32. The molecule has 2 N–H and O–H groups in total. The van der Waals surface area contributed by atoms with E-state index in [2.05, 4.69) is 55.8 Å². The quantitative estimate of drug-likeness (QED) is 0.734. The lowest BCUT2D eigenvalue weighted by molar-refractivity contribution is 1.15. The first-order valence-electron chi connectivity index (χ1n) is 3.87. The van der Waals surface area contributed by atoms with Gasteiger partial charge in [-0.1, -0.05) is 0 Å². The lowest BCUT2D eigenvalue weighted by Crippen LogP contribution is -1.98. The maximum atomic E-state index is 5.63. The van der Waals surface area contributed by atoms with E-state index < -0.39 is 10.0 Å². The normalized spacial score (nSPS) is 11.7. The van der Waals surface area contributed by atoms with Gasteiger partial charge in [0.1, 0.15) is 4.60 Å². The number of nitrogens with zero attached hydrogens (tertiary/aromatic N) is 2. The van der Waals surface area contributed by atoms with Crippen LogP contribution < -0.4 is 5.73 Å². The predicted molar refractivity (Wildman–Crippen MR) is 66.4 cm³/mol. The smallest absolute Gasteiger partial charge is 0.158 e. The number of anilines is 1. The third-order valence-corrected chi connectivity index (χ3v) is 2.34. The average molecular weight is 274 g/mol. The first-order valence-corrected chi connectivity index (χ1v) is 7.52. The van der Waals surface area contributed by atoms with E-state index in [-0.39, 0.29) is 0 Å². The number of nitrogen functional groups attached to an aromatic ring is 1. The van der Waals surface area contributed by atoms with Gasteiger partial charge < -0.3 is 5.73 Å². The van der Waals surface area contributed by atoms with Crippen LogP contribution >= 0.6 is 26.0 Å². The first kappa shape index (κ1) is 11.3. The number of aromatic nitrogens is 2. The van der Waals surface area contributed by atoms with Gasteiger partial charge in [0.25, 0.3) is 0 Å². The van der Waals surface area contributed by atoms with Crippen LogP contribution in [-0.4, -0.2) is 28.7 Å². The lowest BCUT2D eigenvalue weighted by atomic mass is 10.4. The Morgan fingerprint density at radius 2 is 2.07 bits per heavy atom. The molecule has 1 aromatic heterocycles. The molecule has 1 rings (SSSR count). The predicted octanol–water partition coefficient (Wildman–Crippen LogP) is 1.82. The van der Waals surface area contributed by atoms with Crippen molar-refractivity contribution < 1.29 is 0 Å². The van der Waals surface area contributed by atoms with E-state index in [1.165, 1.54) is 0 Å². The van der Waals surface area contributed by atoms with Crippen molar-refractivity contribution in [2.45, 2.75) is 0 Å². The molecule has 76 valence electrons. The van der Waals surface area contributed by atoms with E-state index in [4.69, 9.17) is 5.73 Å². The van der Waals surface area contributed by atoms with E-state index in [1.54, 1.807) is 6.20 Å². The highest BCUT2D eigenvalue weighted by atomic mass is 79.9. The fourth-order valence-electron chi connectivity index (χ4n) is 0.670. The van der Waals surface area contributed by atoms with Crippen molar-refractivity contribution in [1.82, 2.24) is 9.97 Å². The van der Waals surface area contributed by atoms with Crippen molar-refractivity contribution in [3.8, 4) is 11.2 Å². The minimum Gasteiger partial charge on any atom is -0.381 e. The summed E-state index contributed by atoms with van der Waals surface area (Å²) in [4.78, 5) is 8.10. The molecule has 5 heteroatoms. The number of hydrogen-bond acceptors (Lipinski definition) is 3. The van der Waals surface area contributed by atoms with Gasteiger partial charge in [0.15, 0.2) is 11.5 Å². The van der Waals surface area contributed by atoms with Gasteiger partial charge in [-0.2, -0.15) is 10.0 Å². The molecule has 0 amide bonds. The van der Waals surface area contributed by atoms with E-state index in [9.17, 15) is 0 Å². The summed E-state index contributed by atoms with van der Waals surface area (Å²) in [6, 6.07) is 0. The molecule has 1 heterocycles. The van der Waals surface area contributed by atoms with Gasteiger partial charge in [-0.15, -0.1) is 0 Å². The van der Waals surface area contributed by atoms with E-state index >= 15 is 0 Å². The molecular formula is C9H12BrN3S. The molecule has 0 spiro atoms. The maximum absolute atomic E-state index is 5.63. The van der Waals surface area contributed by atoms with Crippen LogP contribution in [0.2, 0.25) is 0 Å². The Morgan fingerprint density at radius 1 is 1.43 bits per heavy atom. The van der Waals surface area contributed by atoms with Crippen molar-refractivity contribution in [1.29, 1.82) is 0 Å². The Morgan fingerprint density at radius 3 is 2.64 bits per heavy atom. The Bertz CT molecular complexity index is 401. The number of hydrogen-bond donors (Lipinski definition) is 1. The number of halogens is 1. The Kier molecular flexibility index (Phi) is 3.40. The molecule has 0 radical (unpaired) electrons. The minimum atomic E-state index is -0.852. The molecule has 0 aromatic carbocycles. The SMILES string of the molecule is CS(C)(C)C#Cc1nc(Br)cnc1N. The molecule has 0 bridgehead atoms. The van der Waals surface area contributed by atoms with Gasteiger partial charge in [-0.05, 0) is 45.9 Å². The van der Waals surface area contributed by atoms with Crippen LogP contribution in [-0.2, 0) is 0 Å². The molecule has 0 aliphatic rings. The fourth-order valence-corrected chi connectivity index (χ4v) is 1.35. The zero-order valence-electron chi connectivity index (χ0n) is 8.34. The van der Waals surface area contributed by atoms with Gasteiger partial charge in [0.2, 0.25) is 0 Å². The van der Waals surface area contributed by atoms with Crippen molar-refractivity contribution in [2.24, 2.45) is 0 Å². The second-order valence-corrected chi connectivity index (χ2v) is 8.18. The van der Waals surface area contributed by atoms with Gasteiger partial charge in [-0.3, -0.25) is 0 Å². The largest absolute Gasteiger partial charge is 0.381 e. The molecule has 0 unspecified atom stereocenters. The van der Waals surface area contributed by atoms with Crippen molar-refractivity contribution >= 4 is 31.8 Å². The standard InChI is InChI=1S/C9H12BrN3S/c1-14(2,3)5-4-7-9(11)12-6-8(10)13-7/h6H,1-3H3,(H2,11,12). The van der Waals surface area contributed by atoms with Crippen LogP contribution in [0.1, 0.15) is 5.69 Å². The van der Waals surface area contributed by atoms with Gasteiger partial charge in [0.05, 0.1) is 6.20 Å². The Balaban J connectivity index is 3.06. The zero-order valence-corrected chi connectivity index (χ0v) is 10.7. The highest BCUT2D eigenvalue weighted by Gasteiger charge is 2.01. The molecule has 0 saturated carbocycles. The number of nitrogens with two attached hydrogens (primary N) is 1. The molecule has 0 fully saturated rings. The van der Waals surface area contributed by atoms with Crippen LogP contribution in [0.15, 0.2) is 10.8 Å². The summed E-state index contributed by atoms with van der Waals surface area (Å²) in [7, 11) is -0.852. The summed E-state index contributed by atoms with van der Waals surface area (Å²) in [6.07, 6.45) is 7.90. The molecule has 14 heavy (non-hydrogen) atoms. The van der Waals surface area contributed by atoms with Crippen LogP contribution in [0.5, 0.6) is 0 Å². The third-order valence-electron chi connectivity index (χ3n) is 1.25. The summed E-state index contributed by atoms with van der Waals surface area (Å²) in [5.74, 6) is 3.33. The van der Waals surface area contributed by atoms with Crippen LogP contribution in [0.25, 0.3) is 0 Å². The summed E-state index contributed by atoms with van der Waals surface area (Å²) >= 11 is 3.23. The highest BCUT2D eigenvalue weighted by molar-refractivity contribution is 9.10. The molecule has 1 aromatic rings. The molecule has 0 saturated heterocycles. The second kappa shape index (κ2) is 4.20. The number of rotatable bonds is 0. The fraction of sp³-hybridized carbons (Fsp3) is 0.333. The minimum absolute atomic E-state index is 0.379.